The smallest absolute Gasteiger partial charge is 0.147 e. The van der Waals surface area contributed by atoms with E-state index in [4.69, 9.17) is 5.26 Å². The summed E-state index contributed by atoms with van der Waals surface area (Å²) < 4.78 is 6.65. The van der Waals surface area contributed by atoms with Crippen LogP contribution in [-0.2, 0) is 0 Å². The van der Waals surface area contributed by atoms with Crippen molar-refractivity contribution in [3.63, 3.8) is 0 Å². The van der Waals surface area contributed by atoms with Gasteiger partial charge in [-0.3, -0.25) is 0 Å². The lowest BCUT2D eigenvalue weighted by Gasteiger charge is -2.05. The van der Waals surface area contributed by atoms with Gasteiger partial charge in [0.2, 0.25) is 0 Å². The lowest BCUT2D eigenvalue weighted by atomic mass is 10.2. The second-order valence-corrected chi connectivity index (χ2v) is 6.25. The zero-order valence-electron chi connectivity index (χ0n) is 11.1. The van der Waals surface area contributed by atoms with Gasteiger partial charge in [-0.15, -0.1) is 0 Å². The molecule has 0 unspecified atom stereocenters. The summed E-state index contributed by atoms with van der Waals surface area (Å²) in [6.07, 6.45) is 7.22. The van der Waals surface area contributed by atoms with Gasteiger partial charge in [-0.2, -0.15) is 5.26 Å². The van der Waals surface area contributed by atoms with Gasteiger partial charge in [-0.05, 0) is 29.8 Å². The summed E-state index contributed by atoms with van der Waals surface area (Å²) in [5.74, 6) is 0. The Morgan fingerprint density at radius 1 is 1.38 bits per heavy atom. The summed E-state index contributed by atoms with van der Waals surface area (Å²) in [6, 6.07) is 12.2. The van der Waals surface area contributed by atoms with Crippen LogP contribution in [0.3, 0.4) is 0 Å². The second-order valence-electron chi connectivity index (χ2n) is 4.32. The molecule has 0 N–H and O–H groups in total. The SMILES string of the molecule is C=I/C(C#N)=C/c1cccc(-n2ccc3cncnc32)c1. The fourth-order valence-electron chi connectivity index (χ4n) is 2.10. The maximum Gasteiger partial charge on any atom is 0.147 e. The molecule has 0 fully saturated rings. The molecule has 0 bridgehead atoms. The van der Waals surface area contributed by atoms with Gasteiger partial charge < -0.3 is 4.57 Å². The minimum Gasteiger partial charge on any atom is -0.301 e. The van der Waals surface area contributed by atoms with Crippen molar-refractivity contribution in [3.8, 4) is 11.8 Å². The Kier molecular flexibility index (Phi) is 3.88. The third-order valence-corrected chi connectivity index (χ3v) is 4.42. The highest BCUT2D eigenvalue weighted by molar-refractivity contribution is 14.2. The van der Waals surface area contributed by atoms with Crippen molar-refractivity contribution in [3.05, 3.63) is 58.2 Å². The molecule has 0 aliphatic heterocycles. The van der Waals surface area contributed by atoms with Crippen molar-refractivity contribution < 1.29 is 0 Å². The van der Waals surface area contributed by atoms with Crippen molar-refractivity contribution in [1.82, 2.24) is 14.5 Å². The Hall–Kier alpha value is -2.33. The van der Waals surface area contributed by atoms with Gasteiger partial charge >= 0.3 is 0 Å². The maximum atomic E-state index is 9.03. The number of fused-ring (bicyclic) bond motifs is 1. The van der Waals surface area contributed by atoms with Gasteiger partial charge in [0.25, 0.3) is 0 Å². The van der Waals surface area contributed by atoms with E-state index < -0.39 is 20.7 Å². The van der Waals surface area contributed by atoms with E-state index in [9.17, 15) is 0 Å². The molecule has 3 aromatic rings. The fraction of sp³-hybridized carbons (Fsp3) is 0. The van der Waals surface area contributed by atoms with E-state index in [1.54, 1.807) is 12.5 Å². The standard InChI is InChI=1S/C16H11IN4/c1-17-14(9-18)7-12-3-2-4-15(8-12)21-6-5-13-10-19-11-20-16(13)21/h2-8,10-11H,1H2/b14-7+. The quantitative estimate of drug-likeness (QED) is 0.510. The molecule has 0 saturated heterocycles. The number of hydrogen-bond acceptors (Lipinski definition) is 3. The van der Waals surface area contributed by atoms with Crippen LogP contribution >= 0.6 is 20.7 Å². The molecular formula is C16H11IN4. The minimum absolute atomic E-state index is 0.446. The number of allylic oxidation sites excluding steroid dienone is 1. The predicted octanol–water partition coefficient (Wildman–Crippen LogP) is 3.69. The first kappa shape index (κ1) is 13.6. The molecular weight excluding hydrogens is 375 g/mol. The lowest BCUT2D eigenvalue weighted by molar-refractivity contribution is 1.07. The average Bonchev–Trinajstić information content (AvgIpc) is 2.97. The monoisotopic (exact) mass is 386 g/mol. The summed E-state index contributed by atoms with van der Waals surface area (Å²) in [5, 5.41) is 10.0. The first-order valence-corrected chi connectivity index (χ1v) is 8.80. The molecule has 21 heavy (non-hydrogen) atoms. The number of benzene rings is 1. The van der Waals surface area contributed by atoms with Gasteiger partial charge in [0.05, 0.1) is 3.58 Å². The summed E-state index contributed by atoms with van der Waals surface area (Å²) in [4.78, 5) is 8.35. The third kappa shape index (κ3) is 2.76. The van der Waals surface area contributed by atoms with Crippen molar-refractivity contribution in [2.75, 3.05) is 0 Å². The summed E-state index contributed by atoms with van der Waals surface area (Å²) >= 11 is -0.446. The molecule has 2 heterocycles. The van der Waals surface area contributed by atoms with Crippen LogP contribution in [0, 0.1) is 11.3 Å². The molecule has 1 aromatic carbocycles. The van der Waals surface area contributed by atoms with Gasteiger partial charge in [-0.25, -0.2) is 9.97 Å². The highest BCUT2D eigenvalue weighted by atomic mass is 127. The lowest BCUT2D eigenvalue weighted by Crippen LogP contribution is -1.94. The highest BCUT2D eigenvalue weighted by Crippen LogP contribution is 2.21. The normalized spacial score (nSPS) is 11.5. The third-order valence-electron chi connectivity index (χ3n) is 3.04. The molecule has 102 valence electrons. The number of hydrogen-bond donors (Lipinski definition) is 0. The minimum atomic E-state index is -0.446. The van der Waals surface area contributed by atoms with Crippen LogP contribution in [-0.4, -0.2) is 19.0 Å². The molecule has 0 aliphatic rings. The van der Waals surface area contributed by atoms with Crippen LogP contribution in [0.5, 0.6) is 0 Å². The Bertz CT molecular complexity index is 886. The first-order chi connectivity index (χ1) is 10.3. The molecule has 0 aliphatic carbocycles. The van der Waals surface area contributed by atoms with Crippen molar-refractivity contribution in [2.45, 2.75) is 0 Å². The fourth-order valence-corrected chi connectivity index (χ4v) is 2.85. The second kappa shape index (κ2) is 5.97. The van der Waals surface area contributed by atoms with E-state index >= 15 is 0 Å². The summed E-state index contributed by atoms with van der Waals surface area (Å²) in [6.45, 7) is 0. The van der Waals surface area contributed by atoms with Gasteiger partial charge in [-0.1, -0.05) is 37.4 Å². The first-order valence-electron chi connectivity index (χ1n) is 6.19. The van der Waals surface area contributed by atoms with Crippen LogP contribution in [0.1, 0.15) is 5.56 Å². The summed E-state index contributed by atoms with van der Waals surface area (Å²) in [5.41, 5.74) is 2.89. The van der Waals surface area contributed by atoms with Crippen molar-refractivity contribution in [1.29, 1.82) is 5.26 Å². The highest BCUT2D eigenvalue weighted by Gasteiger charge is 2.04. The maximum absolute atomic E-state index is 9.03. The Balaban J connectivity index is 2.10. The molecule has 0 atom stereocenters. The summed E-state index contributed by atoms with van der Waals surface area (Å²) in [7, 11) is 0. The van der Waals surface area contributed by atoms with Gasteiger partial charge in [0.15, 0.2) is 0 Å². The van der Waals surface area contributed by atoms with Crippen molar-refractivity contribution in [2.24, 2.45) is 0 Å². The molecule has 0 amide bonds. The van der Waals surface area contributed by atoms with E-state index in [0.717, 1.165) is 25.9 Å². The number of nitrogens with zero attached hydrogens (tertiary/aromatic N) is 4. The largest absolute Gasteiger partial charge is 0.301 e. The number of aromatic nitrogens is 3. The molecule has 2 aromatic heterocycles. The number of halogens is 1. The molecule has 0 spiro atoms. The number of nitriles is 1. The van der Waals surface area contributed by atoms with Crippen LogP contribution in [0.2, 0.25) is 0 Å². The van der Waals surface area contributed by atoms with Crippen LogP contribution in [0.4, 0.5) is 0 Å². The van der Waals surface area contributed by atoms with Crippen LogP contribution in [0.15, 0.2) is 52.6 Å². The predicted molar refractivity (Wildman–Crippen MR) is 93.6 cm³/mol. The van der Waals surface area contributed by atoms with Gasteiger partial charge in [0.1, 0.15) is 18.0 Å². The number of rotatable bonds is 3. The average molecular weight is 386 g/mol. The molecule has 4 nitrogen and oxygen atoms in total. The zero-order chi connectivity index (χ0) is 14.7. The van der Waals surface area contributed by atoms with E-state index in [1.165, 1.54) is 0 Å². The van der Waals surface area contributed by atoms with E-state index in [0.29, 0.717) is 0 Å². The van der Waals surface area contributed by atoms with E-state index in [1.807, 2.05) is 47.2 Å². The van der Waals surface area contributed by atoms with Crippen LogP contribution < -0.4 is 0 Å². The molecule has 3 rings (SSSR count). The van der Waals surface area contributed by atoms with Crippen LogP contribution in [0.25, 0.3) is 22.8 Å². The Morgan fingerprint density at radius 2 is 2.29 bits per heavy atom. The van der Waals surface area contributed by atoms with Gasteiger partial charge in [0, 0.05) is 23.5 Å². The molecule has 5 heteroatoms. The topological polar surface area (TPSA) is 54.5 Å². The molecule has 0 radical (unpaired) electrons. The van der Waals surface area contributed by atoms with E-state index in [-0.39, 0.29) is 0 Å². The van der Waals surface area contributed by atoms with E-state index in [2.05, 4.69) is 20.6 Å². The Morgan fingerprint density at radius 3 is 3.10 bits per heavy atom. The zero-order valence-corrected chi connectivity index (χ0v) is 13.2. The molecule has 0 saturated carbocycles. The van der Waals surface area contributed by atoms with Crippen molar-refractivity contribution >= 4 is 42.4 Å². The Labute approximate surface area is 132 Å².